The lowest BCUT2D eigenvalue weighted by Gasteiger charge is -2.20. The number of hydrogen-bond acceptors (Lipinski definition) is 4. The molecule has 0 aliphatic carbocycles. The van der Waals surface area contributed by atoms with E-state index in [1.807, 2.05) is 61.3 Å². The lowest BCUT2D eigenvalue weighted by molar-refractivity contribution is -0.907. The van der Waals surface area contributed by atoms with Crippen molar-refractivity contribution in [2.45, 2.75) is 13.1 Å². The van der Waals surface area contributed by atoms with Gasteiger partial charge in [0.1, 0.15) is 24.6 Å². The van der Waals surface area contributed by atoms with Gasteiger partial charge >= 0.3 is 0 Å². The molecule has 6 nitrogen and oxygen atoms in total. The highest BCUT2D eigenvalue weighted by molar-refractivity contribution is 6.15. The molecule has 0 spiro atoms. The SMILES string of the molecule is COc1ccc2c(c1)c(/C=C1\Oc3c(ccc([O-])c3C[NH+](C)Cc3ccccc3)C1=O)cn2C. The smallest absolute Gasteiger partial charge is 0.231 e. The van der Waals surface area contributed by atoms with Gasteiger partial charge in [-0.15, -0.1) is 0 Å². The van der Waals surface area contributed by atoms with Gasteiger partial charge in [-0.3, -0.25) is 4.79 Å². The highest BCUT2D eigenvalue weighted by Crippen LogP contribution is 2.39. The van der Waals surface area contributed by atoms with Crippen LogP contribution < -0.4 is 19.5 Å². The number of nitrogens with one attached hydrogen (secondary N) is 1. The number of carbonyl (C=O) groups is 1. The van der Waals surface area contributed by atoms with Crippen LogP contribution in [-0.2, 0) is 20.1 Å². The van der Waals surface area contributed by atoms with E-state index in [1.54, 1.807) is 19.3 Å². The van der Waals surface area contributed by atoms with Gasteiger partial charge in [-0.2, -0.15) is 0 Å². The highest BCUT2D eigenvalue weighted by atomic mass is 16.5. The molecular formula is C28H26N2O4. The molecule has 34 heavy (non-hydrogen) atoms. The largest absolute Gasteiger partial charge is 0.872 e. The number of allylic oxidation sites excluding steroid dienone is 1. The van der Waals surface area contributed by atoms with Crippen LogP contribution in [0.2, 0.25) is 0 Å². The molecule has 1 N–H and O–H groups in total. The molecule has 0 radical (unpaired) electrons. The summed E-state index contributed by atoms with van der Waals surface area (Å²) in [6, 6.07) is 19.0. The fourth-order valence-electron chi connectivity index (χ4n) is 4.55. The van der Waals surface area contributed by atoms with Crippen molar-refractivity contribution >= 4 is 22.8 Å². The van der Waals surface area contributed by atoms with Crippen LogP contribution in [0.25, 0.3) is 17.0 Å². The summed E-state index contributed by atoms with van der Waals surface area (Å²) in [5.41, 5.74) is 4.02. The van der Waals surface area contributed by atoms with E-state index in [4.69, 9.17) is 9.47 Å². The van der Waals surface area contributed by atoms with E-state index in [0.717, 1.165) is 33.7 Å². The Labute approximate surface area is 198 Å². The summed E-state index contributed by atoms with van der Waals surface area (Å²) in [6.45, 7) is 1.22. The number of fused-ring (bicyclic) bond motifs is 2. The molecule has 1 atom stereocenters. The molecule has 2 heterocycles. The van der Waals surface area contributed by atoms with Gasteiger partial charge in [0, 0.05) is 40.8 Å². The van der Waals surface area contributed by atoms with Crippen LogP contribution >= 0.6 is 0 Å². The van der Waals surface area contributed by atoms with E-state index in [2.05, 4.69) is 12.1 Å². The molecule has 4 aromatic rings. The van der Waals surface area contributed by atoms with Crippen molar-refractivity contribution in [1.29, 1.82) is 0 Å². The fourth-order valence-corrected chi connectivity index (χ4v) is 4.55. The number of methoxy groups -OCH3 is 1. The zero-order valence-corrected chi connectivity index (χ0v) is 19.4. The maximum absolute atomic E-state index is 13.2. The Morgan fingerprint density at radius 1 is 1.09 bits per heavy atom. The number of ether oxygens (including phenoxy) is 2. The molecule has 0 saturated carbocycles. The average Bonchev–Trinajstić information content (AvgIpc) is 3.32. The second kappa shape index (κ2) is 8.72. The van der Waals surface area contributed by atoms with E-state index >= 15 is 0 Å². The van der Waals surface area contributed by atoms with E-state index in [0.29, 0.717) is 23.4 Å². The summed E-state index contributed by atoms with van der Waals surface area (Å²) in [4.78, 5) is 14.3. The Kier molecular flexibility index (Phi) is 5.59. The first kappa shape index (κ1) is 21.8. The van der Waals surface area contributed by atoms with Crippen molar-refractivity contribution in [3.8, 4) is 17.2 Å². The second-order valence-electron chi connectivity index (χ2n) is 8.73. The Morgan fingerprint density at radius 3 is 2.65 bits per heavy atom. The molecule has 1 aromatic heterocycles. The van der Waals surface area contributed by atoms with E-state index in [1.165, 1.54) is 11.6 Å². The lowest BCUT2D eigenvalue weighted by Crippen LogP contribution is -3.06. The molecule has 0 bridgehead atoms. The quantitative estimate of drug-likeness (QED) is 0.455. The van der Waals surface area contributed by atoms with Gasteiger partial charge in [0.05, 0.1) is 19.7 Å². The van der Waals surface area contributed by atoms with Gasteiger partial charge < -0.3 is 24.0 Å². The van der Waals surface area contributed by atoms with Crippen LogP contribution in [-0.4, -0.2) is 24.5 Å². The van der Waals surface area contributed by atoms with Crippen LogP contribution in [0.5, 0.6) is 17.2 Å². The number of aromatic nitrogens is 1. The molecular weight excluding hydrogens is 428 g/mol. The molecule has 0 amide bonds. The Morgan fingerprint density at radius 2 is 1.88 bits per heavy atom. The van der Waals surface area contributed by atoms with Gasteiger partial charge in [0.15, 0.2) is 5.76 Å². The highest BCUT2D eigenvalue weighted by Gasteiger charge is 2.31. The summed E-state index contributed by atoms with van der Waals surface area (Å²) in [5.74, 6) is 1.02. The van der Waals surface area contributed by atoms with Gasteiger partial charge in [-0.25, -0.2) is 0 Å². The van der Waals surface area contributed by atoms with Gasteiger partial charge in [-0.05, 0) is 30.3 Å². The number of ketones is 1. The molecule has 1 aliphatic heterocycles. The van der Waals surface area contributed by atoms with Crippen molar-refractivity contribution in [2.75, 3.05) is 14.2 Å². The fraction of sp³-hybridized carbons (Fsp3) is 0.179. The standard InChI is InChI=1S/C28H26N2O4/c1-29(15-18-7-5-4-6-8-18)17-23-25(31)12-10-21-27(32)26(34-28(21)23)13-19-16-30(2)24-11-9-20(33-3)14-22(19)24/h4-14,16,31H,15,17H2,1-3H3/b26-13-. The van der Waals surface area contributed by atoms with Crippen molar-refractivity contribution in [3.05, 3.63) is 94.9 Å². The zero-order chi connectivity index (χ0) is 23.8. The minimum atomic E-state index is -0.211. The minimum Gasteiger partial charge on any atom is -0.872 e. The zero-order valence-electron chi connectivity index (χ0n) is 19.4. The molecule has 1 unspecified atom stereocenters. The van der Waals surface area contributed by atoms with Gasteiger partial charge in [0.25, 0.3) is 0 Å². The molecule has 1 aliphatic rings. The maximum atomic E-state index is 13.2. The molecule has 3 aromatic carbocycles. The monoisotopic (exact) mass is 454 g/mol. The maximum Gasteiger partial charge on any atom is 0.231 e. The van der Waals surface area contributed by atoms with E-state index < -0.39 is 0 Å². The van der Waals surface area contributed by atoms with Crippen LogP contribution in [0, 0.1) is 0 Å². The van der Waals surface area contributed by atoms with Crippen LogP contribution in [0.15, 0.2) is 72.6 Å². The Hall–Kier alpha value is -4.03. The average molecular weight is 455 g/mol. The normalized spacial score (nSPS) is 14.9. The van der Waals surface area contributed by atoms with Crippen LogP contribution in [0.1, 0.15) is 27.0 Å². The first-order valence-electron chi connectivity index (χ1n) is 11.2. The molecule has 172 valence electrons. The third-order valence-electron chi connectivity index (χ3n) is 6.24. The predicted molar refractivity (Wildman–Crippen MR) is 129 cm³/mol. The Bertz CT molecular complexity index is 1420. The van der Waals surface area contributed by atoms with Crippen molar-refractivity contribution in [1.82, 2.24) is 4.57 Å². The van der Waals surface area contributed by atoms with Gasteiger partial charge in [-0.1, -0.05) is 42.1 Å². The molecule has 0 saturated heterocycles. The minimum absolute atomic E-state index is 0.116. The van der Waals surface area contributed by atoms with E-state index in [-0.39, 0.29) is 17.3 Å². The Balaban J connectivity index is 1.47. The lowest BCUT2D eigenvalue weighted by atomic mass is 10.0. The third kappa shape index (κ3) is 3.93. The molecule has 5 rings (SSSR count). The molecule has 0 fully saturated rings. The summed E-state index contributed by atoms with van der Waals surface area (Å²) < 4.78 is 13.4. The third-order valence-corrected chi connectivity index (χ3v) is 6.24. The number of carbonyl (C=O) groups excluding carboxylic acids is 1. The van der Waals surface area contributed by atoms with Gasteiger partial charge in [0.2, 0.25) is 5.78 Å². The summed E-state index contributed by atoms with van der Waals surface area (Å²) >= 11 is 0. The topological polar surface area (TPSA) is 68.0 Å². The number of hydrogen-bond donors (Lipinski definition) is 1. The van der Waals surface area contributed by atoms with Crippen molar-refractivity contribution in [3.63, 3.8) is 0 Å². The number of nitrogens with zero attached hydrogens (tertiary/aromatic N) is 1. The predicted octanol–water partition coefficient (Wildman–Crippen LogP) is 3.09. The first-order chi connectivity index (χ1) is 16.4. The van der Waals surface area contributed by atoms with Crippen molar-refractivity contribution < 1.29 is 24.3 Å². The summed E-state index contributed by atoms with van der Waals surface area (Å²) in [6.07, 6.45) is 3.70. The van der Waals surface area contributed by atoms with Crippen LogP contribution in [0.4, 0.5) is 0 Å². The van der Waals surface area contributed by atoms with Crippen molar-refractivity contribution in [2.24, 2.45) is 7.05 Å². The number of rotatable bonds is 6. The van der Waals surface area contributed by atoms with Crippen LogP contribution in [0.3, 0.4) is 0 Å². The second-order valence-corrected chi connectivity index (χ2v) is 8.73. The van der Waals surface area contributed by atoms with E-state index in [9.17, 15) is 9.90 Å². The number of Topliss-reactive ketones (excluding diaryl/α,β-unsaturated/α-hetero) is 1. The summed E-state index contributed by atoms with van der Waals surface area (Å²) in [5, 5.41) is 13.7. The number of benzene rings is 3. The summed E-state index contributed by atoms with van der Waals surface area (Å²) in [7, 11) is 5.61. The number of quaternary nitrogens is 1. The first-order valence-corrected chi connectivity index (χ1v) is 11.2. The number of aryl methyl sites for hydroxylation is 1. The molecule has 6 heteroatoms.